The van der Waals surface area contributed by atoms with E-state index in [2.05, 4.69) is 0 Å². The minimum Gasteiger partial charge on any atom is -0.504 e. The second-order valence-electron chi connectivity index (χ2n) is 3.82. The molecule has 0 fully saturated rings. The number of benzene rings is 1. The first-order valence-corrected chi connectivity index (χ1v) is 5.31. The van der Waals surface area contributed by atoms with Crippen LogP contribution in [0.2, 0.25) is 0 Å². The van der Waals surface area contributed by atoms with Crippen LogP contribution in [0, 0.1) is 18.3 Å². The molecule has 2 rings (SSSR count). The molecule has 0 bridgehead atoms. The van der Waals surface area contributed by atoms with Crippen LogP contribution >= 0.6 is 0 Å². The van der Waals surface area contributed by atoms with Crippen LogP contribution in [0.25, 0.3) is 11.6 Å². The molecule has 0 atom stereocenters. The van der Waals surface area contributed by atoms with Gasteiger partial charge in [-0.2, -0.15) is 5.26 Å². The van der Waals surface area contributed by atoms with Crippen molar-refractivity contribution >= 4 is 11.6 Å². The average Bonchev–Trinajstić information content (AvgIpc) is 2.75. The van der Waals surface area contributed by atoms with Crippen molar-refractivity contribution in [2.24, 2.45) is 0 Å². The Labute approximate surface area is 104 Å². The molecule has 4 nitrogen and oxygen atoms in total. The maximum atomic E-state index is 9.40. The van der Waals surface area contributed by atoms with Crippen LogP contribution in [-0.4, -0.2) is 10.2 Å². The number of nitrogens with zero attached hydrogens (tertiary/aromatic N) is 1. The van der Waals surface area contributed by atoms with Crippen molar-refractivity contribution in [1.29, 1.82) is 5.26 Å². The van der Waals surface area contributed by atoms with Crippen LogP contribution in [0.15, 0.2) is 34.7 Å². The van der Waals surface area contributed by atoms with Gasteiger partial charge >= 0.3 is 0 Å². The van der Waals surface area contributed by atoms with E-state index in [0.717, 1.165) is 5.76 Å². The molecule has 1 heterocycles. The largest absolute Gasteiger partial charge is 0.504 e. The molecule has 18 heavy (non-hydrogen) atoms. The van der Waals surface area contributed by atoms with Gasteiger partial charge in [0, 0.05) is 0 Å². The van der Waals surface area contributed by atoms with Crippen LogP contribution in [0.5, 0.6) is 11.5 Å². The van der Waals surface area contributed by atoms with Gasteiger partial charge in [0.1, 0.15) is 11.5 Å². The highest BCUT2D eigenvalue weighted by Gasteiger charge is 2.06. The van der Waals surface area contributed by atoms with E-state index in [1.807, 2.05) is 13.0 Å². The van der Waals surface area contributed by atoms with Gasteiger partial charge in [-0.1, -0.05) is 0 Å². The highest BCUT2D eigenvalue weighted by molar-refractivity contribution is 5.89. The Hall–Kier alpha value is -2.67. The summed E-state index contributed by atoms with van der Waals surface area (Å²) in [5, 5.41) is 27.7. The van der Waals surface area contributed by atoms with Gasteiger partial charge in [-0.15, -0.1) is 0 Å². The van der Waals surface area contributed by atoms with Gasteiger partial charge in [0.05, 0.1) is 11.6 Å². The molecule has 0 amide bonds. The molecule has 0 aliphatic heterocycles. The van der Waals surface area contributed by atoms with E-state index in [1.165, 1.54) is 12.1 Å². The van der Waals surface area contributed by atoms with E-state index in [0.29, 0.717) is 16.9 Å². The summed E-state index contributed by atoms with van der Waals surface area (Å²) in [6.07, 6.45) is 1.58. The molecule has 1 aromatic carbocycles. The van der Waals surface area contributed by atoms with Gasteiger partial charge < -0.3 is 14.6 Å². The Kier molecular flexibility index (Phi) is 3.07. The third-order valence-corrected chi connectivity index (χ3v) is 2.45. The van der Waals surface area contributed by atoms with Gasteiger partial charge in [0.25, 0.3) is 0 Å². The van der Waals surface area contributed by atoms with Crippen LogP contribution in [0.4, 0.5) is 0 Å². The molecule has 0 aliphatic rings. The van der Waals surface area contributed by atoms with Crippen LogP contribution in [0.3, 0.4) is 0 Å². The standard InChI is InChI=1S/C14H11NO3/c1-9-2-4-12(18-9)6-11(8-15)10-3-5-13(16)14(17)7-10/h2-7,16-17H,1H3. The van der Waals surface area contributed by atoms with Gasteiger partial charge in [-0.25, -0.2) is 0 Å². The first kappa shape index (κ1) is 11.8. The molecule has 0 aliphatic carbocycles. The molecule has 0 unspecified atom stereocenters. The number of hydrogen-bond donors (Lipinski definition) is 2. The minimum absolute atomic E-state index is 0.218. The summed E-state index contributed by atoms with van der Waals surface area (Å²) in [4.78, 5) is 0. The Morgan fingerprint density at radius 1 is 1.22 bits per heavy atom. The molecule has 90 valence electrons. The molecule has 1 aromatic heterocycles. The summed E-state index contributed by atoms with van der Waals surface area (Å²) >= 11 is 0. The maximum Gasteiger partial charge on any atom is 0.158 e. The quantitative estimate of drug-likeness (QED) is 0.625. The number of rotatable bonds is 2. The van der Waals surface area contributed by atoms with Crippen molar-refractivity contribution in [2.75, 3.05) is 0 Å². The third kappa shape index (κ3) is 2.36. The maximum absolute atomic E-state index is 9.40. The van der Waals surface area contributed by atoms with Gasteiger partial charge in [0.2, 0.25) is 0 Å². The summed E-state index contributed by atoms with van der Waals surface area (Å²) in [5.74, 6) is 0.845. The first-order valence-electron chi connectivity index (χ1n) is 5.31. The van der Waals surface area contributed by atoms with Gasteiger partial charge in [-0.3, -0.25) is 0 Å². The second kappa shape index (κ2) is 4.68. The van der Waals surface area contributed by atoms with E-state index in [9.17, 15) is 10.2 Å². The fraction of sp³-hybridized carbons (Fsp3) is 0.0714. The van der Waals surface area contributed by atoms with E-state index in [4.69, 9.17) is 9.68 Å². The zero-order chi connectivity index (χ0) is 13.1. The van der Waals surface area contributed by atoms with E-state index in [-0.39, 0.29) is 11.5 Å². The Balaban J connectivity index is 2.43. The number of hydrogen-bond acceptors (Lipinski definition) is 4. The fourth-order valence-electron chi connectivity index (χ4n) is 1.54. The first-order chi connectivity index (χ1) is 8.60. The second-order valence-corrected chi connectivity index (χ2v) is 3.82. The van der Waals surface area contributed by atoms with Crippen molar-refractivity contribution in [1.82, 2.24) is 0 Å². The zero-order valence-electron chi connectivity index (χ0n) is 9.71. The lowest BCUT2D eigenvalue weighted by Crippen LogP contribution is -1.81. The number of furan rings is 1. The molecule has 4 heteroatoms. The molecule has 0 saturated carbocycles. The highest BCUT2D eigenvalue weighted by Crippen LogP contribution is 2.29. The smallest absolute Gasteiger partial charge is 0.158 e. The summed E-state index contributed by atoms with van der Waals surface area (Å²) < 4.78 is 5.35. The number of nitriles is 1. The average molecular weight is 241 g/mol. The molecular weight excluding hydrogens is 230 g/mol. The monoisotopic (exact) mass is 241 g/mol. The lowest BCUT2D eigenvalue weighted by Gasteiger charge is -2.01. The molecule has 0 radical (unpaired) electrons. The number of aromatic hydroxyl groups is 2. The van der Waals surface area contributed by atoms with Crippen molar-refractivity contribution in [3.05, 3.63) is 47.4 Å². The Morgan fingerprint density at radius 3 is 2.56 bits per heavy atom. The number of phenols is 2. The van der Waals surface area contributed by atoms with E-state index < -0.39 is 0 Å². The fourth-order valence-corrected chi connectivity index (χ4v) is 1.54. The zero-order valence-corrected chi connectivity index (χ0v) is 9.71. The lowest BCUT2D eigenvalue weighted by molar-refractivity contribution is 0.403. The van der Waals surface area contributed by atoms with Crippen LogP contribution in [0.1, 0.15) is 17.1 Å². The number of aryl methyl sites for hydroxylation is 1. The van der Waals surface area contributed by atoms with Crippen molar-refractivity contribution < 1.29 is 14.6 Å². The molecular formula is C14H11NO3. The predicted octanol–water partition coefficient (Wildman–Crippen LogP) is 3.06. The SMILES string of the molecule is Cc1ccc(C=C(C#N)c2ccc(O)c(O)c2)o1. The van der Waals surface area contributed by atoms with Crippen LogP contribution < -0.4 is 0 Å². The van der Waals surface area contributed by atoms with Crippen molar-refractivity contribution in [3.8, 4) is 17.6 Å². The summed E-state index contributed by atoms with van der Waals surface area (Å²) in [6.45, 7) is 1.82. The third-order valence-electron chi connectivity index (χ3n) is 2.45. The molecule has 2 N–H and O–H groups in total. The normalized spacial score (nSPS) is 11.2. The summed E-state index contributed by atoms with van der Waals surface area (Å²) in [6, 6.07) is 9.81. The highest BCUT2D eigenvalue weighted by atomic mass is 16.3. The van der Waals surface area contributed by atoms with E-state index in [1.54, 1.807) is 24.3 Å². The van der Waals surface area contributed by atoms with Gasteiger partial charge in [-0.05, 0) is 48.9 Å². The molecule has 0 spiro atoms. The predicted molar refractivity (Wildman–Crippen MR) is 66.7 cm³/mol. The van der Waals surface area contributed by atoms with Crippen molar-refractivity contribution in [3.63, 3.8) is 0 Å². The Bertz CT molecular complexity index is 647. The molecule has 2 aromatic rings. The minimum atomic E-state index is -0.260. The lowest BCUT2D eigenvalue weighted by atomic mass is 10.1. The number of phenolic OH excluding ortho intramolecular Hbond substituents is 2. The van der Waals surface area contributed by atoms with Crippen molar-refractivity contribution in [2.45, 2.75) is 6.92 Å². The van der Waals surface area contributed by atoms with Crippen LogP contribution in [-0.2, 0) is 0 Å². The number of allylic oxidation sites excluding steroid dienone is 1. The summed E-state index contributed by atoms with van der Waals surface area (Å²) in [7, 11) is 0. The summed E-state index contributed by atoms with van der Waals surface area (Å²) in [5.41, 5.74) is 0.863. The van der Waals surface area contributed by atoms with Gasteiger partial charge in [0.15, 0.2) is 11.5 Å². The van der Waals surface area contributed by atoms with E-state index >= 15 is 0 Å². The topological polar surface area (TPSA) is 77.4 Å². The molecule has 0 saturated heterocycles. The Morgan fingerprint density at radius 2 is 2.00 bits per heavy atom.